The molecular formula is C8H12O4S. The Bertz CT molecular complexity index is 210. The molecule has 0 spiro atoms. The summed E-state index contributed by atoms with van der Waals surface area (Å²) in [6, 6.07) is 0. The molecule has 13 heavy (non-hydrogen) atoms. The maximum atomic E-state index is 9.54. The van der Waals surface area contributed by atoms with Crippen molar-refractivity contribution in [1.29, 1.82) is 0 Å². The normalized spacial score (nSPS) is 55.1. The molecule has 2 heterocycles. The number of aliphatic hydroxyl groups is 4. The van der Waals surface area contributed by atoms with Crippen molar-refractivity contribution in [2.75, 3.05) is 0 Å². The Hall–Kier alpha value is -0.0700. The molecule has 2 aliphatic rings. The van der Waals surface area contributed by atoms with Gasteiger partial charge in [-0.25, -0.2) is 0 Å². The molecule has 2 rings (SSSR count). The van der Waals surface area contributed by atoms with Crippen LogP contribution in [-0.4, -0.2) is 55.3 Å². The highest BCUT2D eigenvalue weighted by atomic mass is 32.2. The Kier molecular flexibility index (Phi) is 2.37. The Morgan fingerprint density at radius 2 is 1.08 bits per heavy atom. The van der Waals surface area contributed by atoms with Gasteiger partial charge in [-0.3, -0.25) is 0 Å². The minimum atomic E-state index is -1.26. The fourth-order valence-corrected chi connectivity index (χ4v) is 3.04. The molecule has 0 amide bonds. The lowest BCUT2D eigenvalue weighted by atomic mass is 9.96. The summed E-state index contributed by atoms with van der Waals surface area (Å²) in [4.78, 5) is 0. The number of fused-ring (bicyclic) bond motifs is 2. The van der Waals surface area contributed by atoms with E-state index in [0.29, 0.717) is 0 Å². The van der Waals surface area contributed by atoms with Crippen LogP contribution in [0, 0.1) is 0 Å². The fraction of sp³-hybridized carbons (Fsp3) is 0.750. The summed E-state index contributed by atoms with van der Waals surface area (Å²) in [6.45, 7) is 0. The van der Waals surface area contributed by atoms with E-state index in [1.807, 2.05) is 0 Å². The molecule has 0 aromatic heterocycles. The highest BCUT2D eigenvalue weighted by Crippen LogP contribution is 2.37. The molecule has 0 aromatic carbocycles. The van der Waals surface area contributed by atoms with Gasteiger partial charge in [-0.05, 0) is 0 Å². The summed E-state index contributed by atoms with van der Waals surface area (Å²) in [7, 11) is 0. The van der Waals surface area contributed by atoms with E-state index in [1.54, 1.807) is 12.2 Å². The summed E-state index contributed by atoms with van der Waals surface area (Å²) in [5.41, 5.74) is 0. The minimum Gasteiger partial charge on any atom is -0.389 e. The van der Waals surface area contributed by atoms with E-state index in [9.17, 15) is 20.4 Å². The highest BCUT2D eigenvalue weighted by molar-refractivity contribution is 8.01. The van der Waals surface area contributed by atoms with E-state index in [4.69, 9.17) is 0 Å². The van der Waals surface area contributed by atoms with Crippen LogP contribution in [-0.2, 0) is 0 Å². The third kappa shape index (κ3) is 1.41. The maximum Gasteiger partial charge on any atom is 0.110 e. The average Bonchev–Trinajstić information content (AvgIpc) is 2.59. The molecule has 0 aliphatic carbocycles. The van der Waals surface area contributed by atoms with Crippen LogP contribution in [0.3, 0.4) is 0 Å². The second-order valence-corrected chi connectivity index (χ2v) is 4.77. The van der Waals surface area contributed by atoms with Crippen LogP contribution >= 0.6 is 11.8 Å². The van der Waals surface area contributed by atoms with Crippen molar-refractivity contribution < 1.29 is 20.4 Å². The number of rotatable bonds is 0. The monoisotopic (exact) mass is 204 g/mol. The smallest absolute Gasteiger partial charge is 0.110 e. The first-order valence-corrected chi connectivity index (χ1v) is 5.11. The molecule has 1 fully saturated rings. The quantitative estimate of drug-likeness (QED) is 0.360. The second kappa shape index (κ2) is 3.25. The van der Waals surface area contributed by atoms with Crippen LogP contribution < -0.4 is 0 Å². The summed E-state index contributed by atoms with van der Waals surface area (Å²) >= 11 is 1.37. The third-order valence-electron chi connectivity index (χ3n) is 2.53. The van der Waals surface area contributed by atoms with Gasteiger partial charge in [-0.2, -0.15) is 0 Å². The Morgan fingerprint density at radius 1 is 0.692 bits per heavy atom. The van der Waals surface area contributed by atoms with Gasteiger partial charge in [-0.1, -0.05) is 12.2 Å². The van der Waals surface area contributed by atoms with E-state index in [0.717, 1.165) is 0 Å². The predicted molar refractivity (Wildman–Crippen MR) is 48.3 cm³/mol. The van der Waals surface area contributed by atoms with Crippen LogP contribution in [0.5, 0.6) is 0 Å². The number of aliphatic hydroxyl groups excluding tert-OH is 4. The maximum absolute atomic E-state index is 9.54. The molecule has 6 atom stereocenters. The van der Waals surface area contributed by atoms with Crippen molar-refractivity contribution in [2.24, 2.45) is 0 Å². The molecule has 1 saturated heterocycles. The van der Waals surface area contributed by atoms with Gasteiger partial charge in [0.15, 0.2) is 0 Å². The average molecular weight is 204 g/mol. The zero-order valence-corrected chi connectivity index (χ0v) is 7.63. The van der Waals surface area contributed by atoms with Crippen molar-refractivity contribution in [2.45, 2.75) is 34.9 Å². The predicted octanol–water partition coefficient (Wildman–Crippen LogP) is -1.52. The third-order valence-corrected chi connectivity index (χ3v) is 4.03. The second-order valence-electron chi connectivity index (χ2n) is 3.41. The Morgan fingerprint density at radius 3 is 1.46 bits per heavy atom. The van der Waals surface area contributed by atoms with Gasteiger partial charge in [0.25, 0.3) is 0 Å². The molecule has 0 saturated carbocycles. The topological polar surface area (TPSA) is 80.9 Å². The van der Waals surface area contributed by atoms with Crippen LogP contribution in [0.25, 0.3) is 0 Å². The summed E-state index contributed by atoms with van der Waals surface area (Å²) in [5.74, 6) is 0. The van der Waals surface area contributed by atoms with E-state index in [1.165, 1.54) is 11.8 Å². The molecule has 5 heteroatoms. The molecule has 0 aromatic rings. The van der Waals surface area contributed by atoms with E-state index >= 15 is 0 Å². The van der Waals surface area contributed by atoms with Crippen LogP contribution in [0.1, 0.15) is 0 Å². The van der Waals surface area contributed by atoms with Gasteiger partial charge in [0.1, 0.15) is 12.2 Å². The van der Waals surface area contributed by atoms with E-state index in [2.05, 4.69) is 0 Å². The number of hydrogen-bond donors (Lipinski definition) is 4. The lowest BCUT2D eigenvalue weighted by molar-refractivity contribution is -0.0975. The van der Waals surface area contributed by atoms with Gasteiger partial charge < -0.3 is 20.4 Å². The van der Waals surface area contributed by atoms with E-state index in [-0.39, 0.29) is 10.5 Å². The molecule has 74 valence electrons. The fourth-order valence-electron chi connectivity index (χ4n) is 1.67. The van der Waals surface area contributed by atoms with Crippen LogP contribution in [0.4, 0.5) is 0 Å². The lowest BCUT2D eigenvalue weighted by Crippen LogP contribution is -2.47. The number of thioether (sulfide) groups is 1. The largest absolute Gasteiger partial charge is 0.389 e. The first-order chi connectivity index (χ1) is 6.11. The zero-order valence-electron chi connectivity index (χ0n) is 6.82. The minimum absolute atomic E-state index is 0.216. The van der Waals surface area contributed by atoms with Gasteiger partial charge >= 0.3 is 0 Å². The molecule has 4 N–H and O–H groups in total. The van der Waals surface area contributed by atoms with Crippen molar-refractivity contribution >= 4 is 11.8 Å². The van der Waals surface area contributed by atoms with Crippen molar-refractivity contribution in [3.8, 4) is 0 Å². The standard InChI is InChI=1S/C8H12O4S/c9-5-3-1-2-4(13-3)6(10)8(12)7(5)11/h1-12H/t3-,4+,5+,6-,7-,8+. The SMILES string of the molecule is O[C@@H]1[C@H](O)[C@@H](O)[C@H]2C=C[C@H](S2)[C@H]1O. The molecule has 2 bridgehead atoms. The first kappa shape index (κ1) is 9.48. The van der Waals surface area contributed by atoms with Gasteiger partial charge in [-0.15, -0.1) is 11.8 Å². The molecule has 2 aliphatic heterocycles. The van der Waals surface area contributed by atoms with E-state index < -0.39 is 24.4 Å². The Labute approximate surface area is 79.9 Å². The van der Waals surface area contributed by atoms with Gasteiger partial charge in [0.2, 0.25) is 0 Å². The zero-order chi connectivity index (χ0) is 9.59. The molecule has 4 nitrogen and oxygen atoms in total. The van der Waals surface area contributed by atoms with Crippen molar-refractivity contribution in [1.82, 2.24) is 0 Å². The van der Waals surface area contributed by atoms with Crippen LogP contribution in [0.15, 0.2) is 12.2 Å². The summed E-state index contributed by atoms with van der Waals surface area (Å²) in [5, 5.41) is 37.5. The van der Waals surface area contributed by atoms with Crippen LogP contribution in [0.2, 0.25) is 0 Å². The summed E-state index contributed by atoms with van der Waals surface area (Å²) < 4.78 is 0. The van der Waals surface area contributed by atoms with Crippen molar-refractivity contribution in [3.63, 3.8) is 0 Å². The summed E-state index contributed by atoms with van der Waals surface area (Å²) in [6.07, 6.45) is -1.00. The number of hydrogen-bond acceptors (Lipinski definition) is 5. The van der Waals surface area contributed by atoms with Gasteiger partial charge in [0, 0.05) is 0 Å². The van der Waals surface area contributed by atoms with Gasteiger partial charge in [0.05, 0.1) is 22.7 Å². The first-order valence-electron chi connectivity index (χ1n) is 4.17. The van der Waals surface area contributed by atoms with Crippen molar-refractivity contribution in [3.05, 3.63) is 12.2 Å². The Balaban J connectivity index is 2.26. The highest BCUT2D eigenvalue weighted by Gasteiger charge is 2.44. The molecule has 0 radical (unpaired) electrons. The molecular weight excluding hydrogens is 192 g/mol. The lowest BCUT2D eigenvalue weighted by Gasteiger charge is -2.25. The molecule has 0 unspecified atom stereocenters.